The van der Waals surface area contributed by atoms with Crippen molar-refractivity contribution in [3.63, 3.8) is 0 Å². The lowest BCUT2D eigenvalue weighted by Crippen LogP contribution is -2.52. The highest BCUT2D eigenvalue weighted by molar-refractivity contribution is 7.16. The zero-order valence-corrected chi connectivity index (χ0v) is 15.4. The number of rotatable bonds is 4. The van der Waals surface area contributed by atoms with Crippen molar-refractivity contribution in [1.29, 1.82) is 0 Å². The lowest BCUT2D eigenvalue weighted by Gasteiger charge is -2.35. The minimum atomic E-state index is -0.744. The Labute approximate surface area is 158 Å². The minimum absolute atomic E-state index is 0.137. The third-order valence-corrected chi connectivity index (χ3v) is 5.42. The van der Waals surface area contributed by atoms with Crippen molar-refractivity contribution in [1.82, 2.24) is 30.0 Å². The fourth-order valence-corrected chi connectivity index (χ4v) is 4.00. The number of carbonyl (C=O) groups excluding carboxylic acids is 2. The number of nitrogens with zero attached hydrogens (tertiary/aromatic N) is 5. The Morgan fingerprint density at radius 2 is 2.11 bits per heavy atom. The number of benzene rings is 1. The number of halogens is 1. The molecule has 1 aliphatic heterocycles. The van der Waals surface area contributed by atoms with Crippen molar-refractivity contribution >= 4 is 28.1 Å². The SMILES string of the molecule is Cc1nnc2sc(CCC(=O)N3CCNC(=O)C3c3ccc(F)cc3)nn12. The maximum absolute atomic E-state index is 13.2. The number of piperazine rings is 1. The first-order chi connectivity index (χ1) is 13.0. The van der Waals surface area contributed by atoms with Crippen LogP contribution >= 0.6 is 11.3 Å². The van der Waals surface area contributed by atoms with Crippen molar-refractivity contribution in [3.8, 4) is 0 Å². The normalized spacial score (nSPS) is 17.3. The molecule has 0 spiro atoms. The minimum Gasteiger partial charge on any atom is -0.352 e. The molecule has 0 saturated carbocycles. The fourth-order valence-electron chi connectivity index (χ4n) is 3.12. The Balaban J connectivity index is 1.49. The van der Waals surface area contributed by atoms with E-state index in [0.29, 0.717) is 35.9 Å². The van der Waals surface area contributed by atoms with Crippen molar-refractivity contribution in [2.75, 3.05) is 13.1 Å². The van der Waals surface area contributed by atoms with Crippen LogP contribution in [0.5, 0.6) is 0 Å². The molecule has 3 heterocycles. The first-order valence-electron chi connectivity index (χ1n) is 8.53. The lowest BCUT2D eigenvalue weighted by atomic mass is 10.0. The molecule has 27 heavy (non-hydrogen) atoms. The second kappa shape index (κ2) is 7.03. The van der Waals surface area contributed by atoms with Crippen LogP contribution in [0, 0.1) is 12.7 Å². The zero-order chi connectivity index (χ0) is 19.0. The van der Waals surface area contributed by atoms with Gasteiger partial charge in [-0.15, -0.1) is 10.2 Å². The maximum Gasteiger partial charge on any atom is 0.247 e. The summed E-state index contributed by atoms with van der Waals surface area (Å²) in [5.74, 6) is -0.0770. The Morgan fingerprint density at radius 1 is 1.33 bits per heavy atom. The smallest absolute Gasteiger partial charge is 0.247 e. The molecule has 8 nitrogen and oxygen atoms in total. The van der Waals surface area contributed by atoms with Gasteiger partial charge < -0.3 is 10.2 Å². The summed E-state index contributed by atoms with van der Waals surface area (Å²) in [6, 6.07) is 4.92. The second-order valence-electron chi connectivity index (χ2n) is 6.27. The maximum atomic E-state index is 13.2. The number of hydrogen-bond acceptors (Lipinski definition) is 6. The number of hydrogen-bond donors (Lipinski definition) is 1. The summed E-state index contributed by atoms with van der Waals surface area (Å²) in [4.78, 5) is 27.4. The molecule has 1 fully saturated rings. The molecule has 2 aromatic heterocycles. The monoisotopic (exact) mass is 388 g/mol. The van der Waals surface area contributed by atoms with Gasteiger partial charge in [0.25, 0.3) is 0 Å². The Kier molecular flexibility index (Phi) is 4.56. The molecule has 3 aromatic rings. The van der Waals surface area contributed by atoms with Gasteiger partial charge in [-0.1, -0.05) is 23.5 Å². The van der Waals surface area contributed by atoms with Gasteiger partial charge in [0, 0.05) is 25.9 Å². The summed E-state index contributed by atoms with van der Waals surface area (Å²) in [6.07, 6.45) is 0.689. The van der Waals surface area contributed by atoms with E-state index in [9.17, 15) is 14.0 Å². The van der Waals surface area contributed by atoms with Gasteiger partial charge >= 0.3 is 0 Å². The number of amides is 2. The number of aryl methyl sites for hydroxylation is 2. The Morgan fingerprint density at radius 3 is 2.85 bits per heavy atom. The van der Waals surface area contributed by atoms with E-state index in [1.54, 1.807) is 9.42 Å². The molecule has 4 rings (SSSR count). The average molecular weight is 388 g/mol. The summed E-state index contributed by atoms with van der Waals surface area (Å²) in [6.45, 7) is 2.63. The van der Waals surface area contributed by atoms with E-state index in [1.807, 2.05) is 6.92 Å². The van der Waals surface area contributed by atoms with Crippen LogP contribution in [-0.4, -0.2) is 49.6 Å². The number of aromatic nitrogens is 4. The van der Waals surface area contributed by atoms with E-state index in [4.69, 9.17) is 0 Å². The second-order valence-corrected chi connectivity index (χ2v) is 7.31. The van der Waals surface area contributed by atoms with Gasteiger partial charge in [0.15, 0.2) is 5.82 Å². The van der Waals surface area contributed by atoms with Gasteiger partial charge in [-0.05, 0) is 24.6 Å². The summed E-state index contributed by atoms with van der Waals surface area (Å²) in [7, 11) is 0. The van der Waals surface area contributed by atoms with Gasteiger partial charge in [0.1, 0.15) is 16.9 Å². The quantitative estimate of drug-likeness (QED) is 0.727. The largest absolute Gasteiger partial charge is 0.352 e. The van der Waals surface area contributed by atoms with Crippen LogP contribution < -0.4 is 5.32 Å². The van der Waals surface area contributed by atoms with Gasteiger partial charge in [-0.25, -0.2) is 4.39 Å². The fraction of sp³-hybridized carbons (Fsp3) is 0.353. The van der Waals surface area contributed by atoms with Crippen molar-refractivity contribution in [2.45, 2.75) is 25.8 Å². The van der Waals surface area contributed by atoms with Crippen molar-refractivity contribution in [3.05, 3.63) is 46.5 Å². The number of fused-ring (bicyclic) bond motifs is 1. The number of nitrogens with one attached hydrogen (secondary N) is 1. The zero-order valence-electron chi connectivity index (χ0n) is 14.6. The van der Waals surface area contributed by atoms with Gasteiger partial charge in [0.2, 0.25) is 16.8 Å². The van der Waals surface area contributed by atoms with E-state index in [0.717, 1.165) is 5.01 Å². The van der Waals surface area contributed by atoms with E-state index in [-0.39, 0.29) is 24.1 Å². The van der Waals surface area contributed by atoms with Crippen LogP contribution in [0.1, 0.15) is 28.9 Å². The molecule has 1 atom stereocenters. The van der Waals surface area contributed by atoms with E-state index >= 15 is 0 Å². The van der Waals surface area contributed by atoms with Crippen LogP contribution in [0.2, 0.25) is 0 Å². The summed E-state index contributed by atoms with van der Waals surface area (Å²) in [5, 5.41) is 15.9. The molecule has 1 N–H and O–H groups in total. The van der Waals surface area contributed by atoms with E-state index < -0.39 is 6.04 Å². The van der Waals surface area contributed by atoms with Gasteiger partial charge in [-0.2, -0.15) is 9.61 Å². The predicted molar refractivity (Wildman–Crippen MR) is 95.6 cm³/mol. The summed E-state index contributed by atoms with van der Waals surface area (Å²) < 4.78 is 14.9. The van der Waals surface area contributed by atoms with Crippen LogP contribution in [0.15, 0.2) is 24.3 Å². The Hall–Kier alpha value is -2.88. The molecule has 0 radical (unpaired) electrons. The first-order valence-corrected chi connectivity index (χ1v) is 9.35. The van der Waals surface area contributed by atoms with Crippen LogP contribution in [0.4, 0.5) is 4.39 Å². The third kappa shape index (κ3) is 3.39. The highest BCUT2D eigenvalue weighted by Gasteiger charge is 2.34. The molecule has 0 bridgehead atoms. The van der Waals surface area contributed by atoms with Gasteiger partial charge in [0.05, 0.1) is 0 Å². The predicted octanol–water partition coefficient (Wildman–Crippen LogP) is 1.27. The molecular weight excluding hydrogens is 371 g/mol. The van der Waals surface area contributed by atoms with E-state index in [1.165, 1.54) is 35.6 Å². The molecule has 1 aliphatic rings. The van der Waals surface area contributed by atoms with Crippen molar-refractivity contribution < 1.29 is 14.0 Å². The molecule has 1 unspecified atom stereocenters. The topological polar surface area (TPSA) is 92.5 Å². The summed E-state index contributed by atoms with van der Waals surface area (Å²) >= 11 is 1.39. The van der Waals surface area contributed by atoms with E-state index in [2.05, 4.69) is 20.6 Å². The van der Waals surface area contributed by atoms with Crippen molar-refractivity contribution in [2.24, 2.45) is 0 Å². The van der Waals surface area contributed by atoms with Gasteiger partial charge in [-0.3, -0.25) is 9.59 Å². The van der Waals surface area contributed by atoms with Crippen LogP contribution in [0.25, 0.3) is 4.96 Å². The molecule has 1 saturated heterocycles. The molecular formula is C17H17FN6O2S. The standard InChI is InChI=1S/C17H17FN6O2S/c1-10-20-21-17-24(10)22-13(27-17)6-7-14(25)23-9-8-19-16(26)15(23)11-2-4-12(18)5-3-11/h2-5,15H,6-9H2,1H3,(H,19,26). The summed E-state index contributed by atoms with van der Waals surface area (Å²) in [5.41, 5.74) is 0.594. The Bertz CT molecular complexity index is 999. The molecule has 140 valence electrons. The van der Waals surface area contributed by atoms with Crippen LogP contribution in [0.3, 0.4) is 0 Å². The molecule has 1 aromatic carbocycles. The van der Waals surface area contributed by atoms with Crippen LogP contribution in [-0.2, 0) is 16.0 Å². The molecule has 10 heteroatoms. The highest BCUT2D eigenvalue weighted by atomic mass is 32.1. The number of carbonyl (C=O) groups is 2. The molecule has 0 aliphatic carbocycles. The lowest BCUT2D eigenvalue weighted by molar-refractivity contribution is -0.143. The third-order valence-electron chi connectivity index (χ3n) is 4.46. The molecule has 2 amide bonds. The average Bonchev–Trinajstić information content (AvgIpc) is 3.22. The highest BCUT2D eigenvalue weighted by Crippen LogP contribution is 2.25. The first kappa shape index (κ1) is 17.5.